The highest BCUT2D eigenvalue weighted by atomic mass is 32.2. The zero-order valence-electron chi connectivity index (χ0n) is 13.8. The lowest BCUT2D eigenvalue weighted by molar-refractivity contribution is -0.142. The number of carbonyl (C=O) groups excluding carboxylic acids is 1. The van der Waals surface area contributed by atoms with Crippen molar-refractivity contribution in [3.63, 3.8) is 0 Å². The molecule has 25 heavy (non-hydrogen) atoms. The maximum atomic E-state index is 12.0. The van der Waals surface area contributed by atoms with Gasteiger partial charge in [-0.2, -0.15) is 4.31 Å². The van der Waals surface area contributed by atoms with Crippen molar-refractivity contribution in [3.8, 4) is 0 Å². The number of carboxylic acids is 1. The largest absolute Gasteiger partial charge is 0.480 e. The smallest absolute Gasteiger partial charge is 0.428 e. The Labute approximate surface area is 146 Å². The summed E-state index contributed by atoms with van der Waals surface area (Å²) in [6.45, 7) is 0.731. The molecular formula is C15H21N3O6S. The molecule has 0 aromatic heterocycles. The molecule has 1 atom stereocenters. The number of rotatable bonds is 6. The molecule has 9 nitrogen and oxygen atoms in total. The fraction of sp³-hybridized carbons (Fsp3) is 0.467. The summed E-state index contributed by atoms with van der Waals surface area (Å²) in [4.78, 5) is 29.5. The number of hydrogen-bond donors (Lipinski definition) is 2. The van der Waals surface area contributed by atoms with E-state index in [0.29, 0.717) is 0 Å². The van der Waals surface area contributed by atoms with Crippen molar-refractivity contribution >= 4 is 22.1 Å². The van der Waals surface area contributed by atoms with Crippen molar-refractivity contribution in [3.05, 3.63) is 35.9 Å². The van der Waals surface area contributed by atoms with Crippen LogP contribution in [0.15, 0.2) is 30.3 Å². The summed E-state index contributed by atoms with van der Waals surface area (Å²) >= 11 is 0. The first-order valence-electron chi connectivity index (χ1n) is 7.70. The number of benzene rings is 1. The zero-order valence-corrected chi connectivity index (χ0v) is 14.6. The fourth-order valence-electron chi connectivity index (χ4n) is 2.42. The fourth-order valence-corrected chi connectivity index (χ4v) is 3.24. The van der Waals surface area contributed by atoms with Crippen LogP contribution in [-0.4, -0.2) is 73.3 Å². The molecular weight excluding hydrogens is 350 g/mol. The number of nitrogens with one attached hydrogen (secondary N) is 1. The van der Waals surface area contributed by atoms with Gasteiger partial charge in [0.2, 0.25) is 10.0 Å². The van der Waals surface area contributed by atoms with E-state index in [1.54, 1.807) is 24.3 Å². The van der Waals surface area contributed by atoms with Crippen LogP contribution in [0.3, 0.4) is 0 Å². The molecule has 2 rings (SSSR count). The van der Waals surface area contributed by atoms with Gasteiger partial charge in [-0.15, -0.1) is 5.48 Å². The number of amides is 1. The van der Waals surface area contributed by atoms with Crippen LogP contribution < -0.4 is 5.48 Å². The summed E-state index contributed by atoms with van der Waals surface area (Å²) in [6.07, 6.45) is 0.544. The second kappa shape index (κ2) is 8.28. The van der Waals surface area contributed by atoms with Gasteiger partial charge in [-0.1, -0.05) is 30.3 Å². The first kappa shape index (κ1) is 19.2. The van der Waals surface area contributed by atoms with Crippen LogP contribution in [0.2, 0.25) is 0 Å². The van der Waals surface area contributed by atoms with Gasteiger partial charge in [-0.05, 0) is 5.56 Å². The highest BCUT2D eigenvalue weighted by molar-refractivity contribution is 7.88. The summed E-state index contributed by atoms with van der Waals surface area (Å²) in [7, 11) is -3.29. The van der Waals surface area contributed by atoms with Gasteiger partial charge in [0, 0.05) is 32.6 Å². The highest BCUT2D eigenvalue weighted by Crippen LogP contribution is 2.08. The topological polar surface area (TPSA) is 116 Å². The van der Waals surface area contributed by atoms with E-state index in [9.17, 15) is 23.1 Å². The highest BCUT2D eigenvalue weighted by Gasteiger charge is 2.28. The van der Waals surface area contributed by atoms with E-state index < -0.39 is 28.1 Å². The van der Waals surface area contributed by atoms with Gasteiger partial charge in [0.25, 0.3) is 0 Å². The molecule has 0 aliphatic carbocycles. The average molecular weight is 371 g/mol. The quantitative estimate of drug-likeness (QED) is 0.671. The van der Waals surface area contributed by atoms with E-state index in [2.05, 4.69) is 5.48 Å². The van der Waals surface area contributed by atoms with Crippen LogP contribution in [0.5, 0.6) is 0 Å². The summed E-state index contributed by atoms with van der Waals surface area (Å²) in [5.41, 5.74) is 3.08. The Kier molecular flexibility index (Phi) is 6.34. The predicted molar refractivity (Wildman–Crippen MR) is 89.2 cm³/mol. The van der Waals surface area contributed by atoms with Crippen LogP contribution in [0, 0.1) is 0 Å². The van der Waals surface area contributed by atoms with Gasteiger partial charge >= 0.3 is 12.1 Å². The van der Waals surface area contributed by atoms with E-state index in [-0.39, 0.29) is 32.6 Å². The molecule has 0 radical (unpaired) electrons. The third-order valence-corrected chi connectivity index (χ3v) is 5.14. The standard InChI is InChI=1S/C15H21N3O6S/c1-25(22,23)18-9-7-17(8-10-18)15(21)24-16-13(14(19)20)11-12-5-3-2-4-6-12/h2-6,13,16H,7-11H2,1H3,(H,19,20)/t13-/m0/s1. The van der Waals surface area contributed by atoms with Gasteiger partial charge in [-0.3, -0.25) is 4.79 Å². The van der Waals surface area contributed by atoms with E-state index >= 15 is 0 Å². The minimum atomic E-state index is -3.29. The zero-order chi connectivity index (χ0) is 18.4. The van der Waals surface area contributed by atoms with E-state index in [0.717, 1.165) is 11.8 Å². The predicted octanol–water partition coefficient (Wildman–Crippen LogP) is -0.0993. The summed E-state index contributed by atoms with van der Waals surface area (Å²) < 4.78 is 24.2. The van der Waals surface area contributed by atoms with Gasteiger partial charge in [-0.25, -0.2) is 13.2 Å². The van der Waals surface area contributed by atoms with E-state index in [1.807, 2.05) is 6.07 Å². The lowest BCUT2D eigenvalue weighted by Gasteiger charge is -2.32. The minimum Gasteiger partial charge on any atom is -0.480 e. The molecule has 1 saturated heterocycles. The molecule has 138 valence electrons. The lowest BCUT2D eigenvalue weighted by Crippen LogP contribution is -2.52. The van der Waals surface area contributed by atoms with Crippen molar-refractivity contribution in [2.45, 2.75) is 12.5 Å². The van der Waals surface area contributed by atoms with E-state index in [1.165, 1.54) is 9.21 Å². The molecule has 1 amide bonds. The second-order valence-electron chi connectivity index (χ2n) is 5.72. The first-order valence-corrected chi connectivity index (χ1v) is 9.55. The maximum absolute atomic E-state index is 12.0. The second-order valence-corrected chi connectivity index (χ2v) is 7.70. The van der Waals surface area contributed by atoms with E-state index in [4.69, 9.17) is 4.84 Å². The molecule has 0 spiro atoms. The Bertz CT molecular complexity index is 701. The van der Waals surface area contributed by atoms with Crippen LogP contribution in [0.25, 0.3) is 0 Å². The molecule has 10 heteroatoms. The number of hydrogen-bond acceptors (Lipinski definition) is 6. The first-order chi connectivity index (χ1) is 11.8. The molecule has 2 N–H and O–H groups in total. The lowest BCUT2D eigenvalue weighted by atomic mass is 10.1. The van der Waals surface area contributed by atoms with Crippen molar-refractivity contribution in [2.75, 3.05) is 32.4 Å². The number of carbonyl (C=O) groups is 2. The number of aliphatic carboxylic acids is 1. The Balaban J connectivity index is 1.84. The molecule has 0 saturated carbocycles. The normalized spacial score (nSPS) is 17.1. The molecule has 1 fully saturated rings. The number of carboxylic acid groups (broad SMARTS) is 1. The van der Waals surface area contributed by atoms with Gasteiger partial charge in [0.15, 0.2) is 0 Å². The SMILES string of the molecule is CS(=O)(=O)N1CCN(C(=O)ON[C@@H](Cc2ccccc2)C(=O)O)CC1. The van der Waals surface area contributed by atoms with Crippen LogP contribution in [-0.2, 0) is 26.1 Å². The third-order valence-electron chi connectivity index (χ3n) is 3.84. The maximum Gasteiger partial charge on any atom is 0.428 e. The average Bonchev–Trinajstić information content (AvgIpc) is 2.58. The Morgan fingerprint density at radius 2 is 1.80 bits per heavy atom. The number of nitrogens with zero attached hydrogens (tertiary/aromatic N) is 2. The van der Waals surface area contributed by atoms with Gasteiger partial charge in [0.1, 0.15) is 6.04 Å². The van der Waals surface area contributed by atoms with Crippen LogP contribution >= 0.6 is 0 Å². The number of hydroxylamine groups is 1. The van der Waals surface area contributed by atoms with Crippen molar-refractivity contribution < 1.29 is 28.0 Å². The van der Waals surface area contributed by atoms with Crippen LogP contribution in [0.4, 0.5) is 4.79 Å². The summed E-state index contributed by atoms with van der Waals surface area (Å²) in [5.74, 6) is -1.14. The molecule has 1 aromatic rings. The summed E-state index contributed by atoms with van der Waals surface area (Å²) in [5, 5.41) is 9.24. The Morgan fingerprint density at radius 1 is 1.20 bits per heavy atom. The Hall–Kier alpha value is -2.17. The molecule has 1 aromatic carbocycles. The molecule has 1 aliphatic heterocycles. The summed E-state index contributed by atoms with van der Waals surface area (Å²) in [6, 6.07) is 7.89. The number of sulfonamides is 1. The van der Waals surface area contributed by atoms with Crippen LogP contribution in [0.1, 0.15) is 5.56 Å². The van der Waals surface area contributed by atoms with Gasteiger partial charge < -0.3 is 14.8 Å². The third kappa shape index (κ3) is 5.69. The van der Waals surface area contributed by atoms with Crippen molar-refractivity contribution in [2.24, 2.45) is 0 Å². The van der Waals surface area contributed by atoms with Gasteiger partial charge in [0.05, 0.1) is 6.26 Å². The minimum absolute atomic E-state index is 0.158. The monoisotopic (exact) mass is 371 g/mol. The Morgan fingerprint density at radius 3 is 2.32 bits per heavy atom. The molecule has 0 bridgehead atoms. The number of piperazine rings is 1. The molecule has 1 heterocycles. The molecule has 0 unspecified atom stereocenters. The van der Waals surface area contributed by atoms with Crippen molar-refractivity contribution in [1.29, 1.82) is 0 Å². The molecule has 1 aliphatic rings. The van der Waals surface area contributed by atoms with Crippen molar-refractivity contribution in [1.82, 2.24) is 14.7 Å².